The van der Waals surface area contributed by atoms with Crippen LogP contribution >= 0.6 is 7.60 Å². The summed E-state index contributed by atoms with van der Waals surface area (Å²) in [6, 6.07) is 0. The number of nitrogens with zero attached hydrogens (tertiary/aromatic N) is 3. The van der Waals surface area contributed by atoms with Gasteiger partial charge in [-0.05, 0) is 12.8 Å². The first-order valence-electron chi connectivity index (χ1n) is 7.96. The smallest absolute Gasteiger partial charge is 0.325 e. The predicted molar refractivity (Wildman–Crippen MR) is 83.3 cm³/mol. The Morgan fingerprint density at radius 3 is 2.64 bits per heavy atom. The minimum absolute atomic E-state index is 0.0422. The van der Waals surface area contributed by atoms with E-state index in [9.17, 15) is 19.9 Å². The molecule has 0 bridgehead atoms. The highest BCUT2D eigenvalue weighted by Crippen LogP contribution is 2.37. The zero-order valence-corrected chi connectivity index (χ0v) is 14.6. The van der Waals surface area contributed by atoms with Gasteiger partial charge < -0.3 is 34.6 Å². The van der Waals surface area contributed by atoms with Gasteiger partial charge in [0.2, 0.25) is 0 Å². The topological polar surface area (TPSA) is 167 Å². The van der Waals surface area contributed by atoms with E-state index in [0.29, 0.717) is 12.2 Å². The Bertz CT molecular complexity index is 594. The Hall–Kier alpha value is -0.910. The summed E-state index contributed by atoms with van der Waals surface area (Å²) in [5.41, 5.74) is 0.497. The number of hydrogen-bond acceptors (Lipinski definition) is 8. The molecular weight excluding hydrogens is 357 g/mol. The lowest BCUT2D eigenvalue weighted by atomic mass is 9.97. The van der Waals surface area contributed by atoms with Crippen LogP contribution in [0.15, 0.2) is 6.20 Å². The van der Waals surface area contributed by atoms with Crippen molar-refractivity contribution < 1.29 is 39.1 Å². The van der Waals surface area contributed by atoms with Gasteiger partial charge in [-0.25, -0.2) is 0 Å². The zero-order chi connectivity index (χ0) is 18.6. The summed E-state index contributed by atoms with van der Waals surface area (Å²) in [5.74, 6) is 0. The third-order valence-electron chi connectivity index (χ3n) is 3.81. The molecule has 25 heavy (non-hydrogen) atoms. The van der Waals surface area contributed by atoms with Crippen LogP contribution in [-0.2, 0) is 27.2 Å². The SMILES string of the molecule is CCCn1cc(COC2OC(CCP(=O)(O)O)C(O)C(O)C2O)nn1. The van der Waals surface area contributed by atoms with Gasteiger partial charge in [0, 0.05) is 6.54 Å². The first-order chi connectivity index (χ1) is 11.7. The summed E-state index contributed by atoms with van der Waals surface area (Å²) in [4.78, 5) is 17.9. The van der Waals surface area contributed by atoms with Crippen LogP contribution in [-0.4, -0.2) is 77.0 Å². The highest BCUT2D eigenvalue weighted by atomic mass is 31.2. The van der Waals surface area contributed by atoms with Crippen molar-refractivity contribution in [2.75, 3.05) is 6.16 Å². The largest absolute Gasteiger partial charge is 0.388 e. The number of aromatic nitrogens is 3. The first-order valence-corrected chi connectivity index (χ1v) is 9.76. The number of ether oxygens (including phenoxy) is 2. The second-order valence-electron chi connectivity index (χ2n) is 5.98. The van der Waals surface area contributed by atoms with Crippen LogP contribution in [0.2, 0.25) is 0 Å². The molecular formula is C13H24N3O8P. The van der Waals surface area contributed by atoms with E-state index in [4.69, 9.17) is 19.3 Å². The van der Waals surface area contributed by atoms with Crippen molar-refractivity contribution in [1.82, 2.24) is 15.0 Å². The van der Waals surface area contributed by atoms with Gasteiger partial charge in [0.05, 0.1) is 25.1 Å². The average molecular weight is 381 g/mol. The van der Waals surface area contributed by atoms with Crippen molar-refractivity contribution in [3.05, 3.63) is 11.9 Å². The summed E-state index contributed by atoms with van der Waals surface area (Å²) < 4.78 is 23.4. The van der Waals surface area contributed by atoms with Gasteiger partial charge >= 0.3 is 7.60 Å². The number of aryl methyl sites for hydroxylation is 1. The lowest BCUT2D eigenvalue weighted by molar-refractivity contribution is -0.300. The number of aliphatic hydroxyl groups is 3. The minimum atomic E-state index is -4.28. The van der Waals surface area contributed by atoms with E-state index >= 15 is 0 Å². The summed E-state index contributed by atoms with van der Waals surface area (Å²) in [7, 11) is -4.28. The second-order valence-corrected chi connectivity index (χ2v) is 7.75. The molecule has 2 heterocycles. The minimum Gasteiger partial charge on any atom is -0.388 e. The maximum absolute atomic E-state index is 11.0. The quantitative estimate of drug-likeness (QED) is 0.337. The molecule has 5 unspecified atom stereocenters. The van der Waals surface area contributed by atoms with Gasteiger partial charge in [0.25, 0.3) is 0 Å². The molecule has 0 aliphatic carbocycles. The fourth-order valence-corrected chi connectivity index (χ4v) is 3.09. The number of hydrogen-bond donors (Lipinski definition) is 5. The van der Waals surface area contributed by atoms with Crippen molar-refractivity contribution in [2.45, 2.75) is 63.6 Å². The first kappa shape index (κ1) is 20.4. The molecule has 5 N–H and O–H groups in total. The summed E-state index contributed by atoms with van der Waals surface area (Å²) in [5, 5.41) is 37.6. The van der Waals surface area contributed by atoms with Crippen LogP contribution in [0.1, 0.15) is 25.5 Å². The molecule has 144 valence electrons. The van der Waals surface area contributed by atoms with Gasteiger partial charge in [-0.3, -0.25) is 9.25 Å². The Labute approximate surface area is 144 Å². The standard InChI is InChI=1S/C13H24N3O8P/c1-2-4-16-6-8(14-15-16)7-23-13-12(19)11(18)10(17)9(24-13)3-5-25(20,21)22/h6,9-13,17-19H,2-5,7H2,1H3,(H2,20,21,22). The fourth-order valence-electron chi connectivity index (χ4n) is 2.50. The molecule has 1 aromatic heterocycles. The molecule has 0 aromatic carbocycles. The Morgan fingerprint density at radius 1 is 1.28 bits per heavy atom. The van der Waals surface area contributed by atoms with Gasteiger partial charge in [-0.1, -0.05) is 12.1 Å². The van der Waals surface area contributed by atoms with Gasteiger partial charge in [-0.2, -0.15) is 0 Å². The van der Waals surface area contributed by atoms with Crippen molar-refractivity contribution >= 4 is 7.60 Å². The van der Waals surface area contributed by atoms with Crippen LogP contribution < -0.4 is 0 Å². The summed E-state index contributed by atoms with van der Waals surface area (Å²) in [6.45, 7) is 2.65. The van der Waals surface area contributed by atoms with E-state index in [1.807, 2.05) is 6.92 Å². The molecule has 2 rings (SSSR count). The maximum atomic E-state index is 11.0. The highest BCUT2D eigenvalue weighted by Gasteiger charge is 2.44. The molecule has 0 saturated carbocycles. The third kappa shape index (κ3) is 5.80. The molecule has 11 nitrogen and oxygen atoms in total. The normalized spacial score (nSPS) is 30.6. The average Bonchev–Trinajstić information content (AvgIpc) is 2.98. The maximum Gasteiger partial charge on any atom is 0.325 e. The Morgan fingerprint density at radius 2 is 2.00 bits per heavy atom. The summed E-state index contributed by atoms with van der Waals surface area (Å²) >= 11 is 0. The lowest BCUT2D eigenvalue weighted by Gasteiger charge is -2.40. The molecule has 1 aliphatic heterocycles. The van der Waals surface area contributed by atoms with Crippen LogP contribution in [0.5, 0.6) is 0 Å². The monoisotopic (exact) mass is 381 g/mol. The molecule has 5 atom stereocenters. The highest BCUT2D eigenvalue weighted by molar-refractivity contribution is 7.51. The van der Waals surface area contributed by atoms with Crippen molar-refractivity contribution in [3.63, 3.8) is 0 Å². The molecule has 1 aromatic rings. The molecule has 1 fully saturated rings. The van der Waals surface area contributed by atoms with Gasteiger partial charge in [-0.15, -0.1) is 5.10 Å². The summed E-state index contributed by atoms with van der Waals surface area (Å²) in [6.07, 6.45) is -5.04. The number of aliphatic hydroxyl groups excluding tert-OH is 3. The third-order valence-corrected chi connectivity index (χ3v) is 4.65. The van der Waals surface area contributed by atoms with E-state index in [1.165, 1.54) is 0 Å². The molecule has 0 amide bonds. The van der Waals surface area contributed by atoms with Crippen molar-refractivity contribution in [3.8, 4) is 0 Å². The predicted octanol–water partition coefficient (Wildman–Crippen LogP) is -1.42. The Balaban J connectivity index is 1.94. The van der Waals surface area contributed by atoms with E-state index in [2.05, 4.69) is 10.3 Å². The van der Waals surface area contributed by atoms with Crippen molar-refractivity contribution in [1.29, 1.82) is 0 Å². The Kier molecular flexibility index (Phi) is 7.06. The second kappa shape index (κ2) is 8.65. The molecule has 0 radical (unpaired) electrons. The van der Waals surface area contributed by atoms with Crippen molar-refractivity contribution in [2.24, 2.45) is 0 Å². The van der Waals surface area contributed by atoms with Gasteiger partial charge in [0.1, 0.15) is 24.0 Å². The van der Waals surface area contributed by atoms with Gasteiger partial charge in [0.15, 0.2) is 6.29 Å². The zero-order valence-electron chi connectivity index (χ0n) is 13.7. The van der Waals surface area contributed by atoms with E-state index < -0.39 is 44.5 Å². The van der Waals surface area contributed by atoms with E-state index in [-0.39, 0.29) is 13.0 Å². The molecule has 1 aliphatic rings. The molecule has 0 spiro atoms. The number of rotatable bonds is 8. The molecule has 12 heteroatoms. The van der Waals surface area contributed by atoms with Crippen LogP contribution in [0.4, 0.5) is 0 Å². The van der Waals surface area contributed by atoms with Crippen LogP contribution in [0.25, 0.3) is 0 Å². The van der Waals surface area contributed by atoms with Crippen LogP contribution in [0, 0.1) is 0 Å². The molecule has 1 saturated heterocycles. The van der Waals surface area contributed by atoms with Crippen LogP contribution in [0.3, 0.4) is 0 Å². The fraction of sp³-hybridized carbons (Fsp3) is 0.846. The lowest BCUT2D eigenvalue weighted by Crippen LogP contribution is -2.58. The van der Waals surface area contributed by atoms with E-state index in [1.54, 1.807) is 10.9 Å². The van der Waals surface area contributed by atoms with E-state index in [0.717, 1.165) is 6.42 Å².